The van der Waals surface area contributed by atoms with Crippen molar-refractivity contribution in [1.29, 1.82) is 0 Å². The van der Waals surface area contributed by atoms with Gasteiger partial charge in [-0.25, -0.2) is 0 Å². The lowest BCUT2D eigenvalue weighted by molar-refractivity contribution is -0.116. The fourth-order valence-electron chi connectivity index (χ4n) is 0.600. The minimum Gasteiger partial charge on any atom is -0.352 e. The molecule has 0 aromatic rings. The van der Waals surface area contributed by atoms with Crippen LogP contribution in [0.4, 0.5) is 0 Å². The highest BCUT2D eigenvalue weighted by atomic mass is 16.1. The lowest BCUT2D eigenvalue weighted by Crippen LogP contribution is -2.21. The fourth-order valence-corrected chi connectivity index (χ4v) is 0.600. The number of amides is 1. The van der Waals surface area contributed by atoms with Gasteiger partial charge < -0.3 is 5.32 Å². The Hall–Kier alpha value is -1.38. The highest BCUT2D eigenvalue weighted by Crippen LogP contribution is 1.81. The number of carbonyl (C=O) groups excluding carboxylic acids is 2. The van der Waals surface area contributed by atoms with Crippen molar-refractivity contribution in [2.24, 2.45) is 0 Å². The highest BCUT2D eigenvalue weighted by Gasteiger charge is 1.89. The van der Waals surface area contributed by atoms with Crippen LogP contribution in [0.3, 0.4) is 0 Å². The summed E-state index contributed by atoms with van der Waals surface area (Å²) in [5.74, 6) is -0.170. The third kappa shape index (κ3) is 6.74. The van der Waals surface area contributed by atoms with Crippen LogP contribution >= 0.6 is 0 Å². The number of ketones is 1. The number of carbonyl (C=O) groups is 2. The molecule has 0 aliphatic rings. The van der Waals surface area contributed by atoms with E-state index in [2.05, 4.69) is 11.9 Å². The van der Waals surface area contributed by atoms with E-state index >= 15 is 0 Å². The maximum absolute atomic E-state index is 10.6. The van der Waals surface area contributed by atoms with E-state index in [4.69, 9.17) is 0 Å². The molecule has 0 atom stereocenters. The summed E-state index contributed by atoms with van der Waals surface area (Å²) in [6.07, 6.45) is 5.10. The fraction of sp³-hybridized carbons (Fsp3) is 0.333. The van der Waals surface area contributed by atoms with Crippen LogP contribution in [0.1, 0.15) is 13.3 Å². The Labute approximate surface area is 72.2 Å². The quantitative estimate of drug-likeness (QED) is 0.487. The second-order valence-electron chi connectivity index (χ2n) is 2.30. The second kappa shape index (κ2) is 6.34. The van der Waals surface area contributed by atoms with Crippen LogP contribution in [0.5, 0.6) is 0 Å². The number of nitrogens with one attached hydrogen (secondary N) is 1. The Morgan fingerprint density at radius 1 is 1.50 bits per heavy atom. The van der Waals surface area contributed by atoms with Gasteiger partial charge in [0.2, 0.25) is 5.91 Å². The summed E-state index contributed by atoms with van der Waals surface area (Å²) in [6, 6.07) is 0. The molecule has 0 saturated carbocycles. The molecule has 66 valence electrons. The van der Waals surface area contributed by atoms with E-state index in [1.807, 2.05) is 0 Å². The average Bonchev–Trinajstić information content (AvgIpc) is 2.03. The van der Waals surface area contributed by atoms with Crippen molar-refractivity contribution in [2.75, 3.05) is 6.54 Å². The molecule has 0 heterocycles. The minimum absolute atomic E-state index is 0.0186. The molecule has 0 spiro atoms. The van der Waals surface area contributed by atoms with Crippen molar-refractivity contribution in [3.8, 4) is 0 Å². The van der Waals surface area contributed by atoms with Crippen molar-refractivity contribution in [3.63, 3.8) is 0 Å². The average molecular weight is 167 g/mol. The van der Waals surface area contributed by atoms with Crippen LogP contribution in [0.25, 0.3) is 0 Å². The van der Waals surface area contributed by atoms with E-state index < -0.39 is 0 Å². The Morgan fingerprint density at radius 3 is 2.67 bits per heavy atom. The molecule has 0 radical (unpaired) electrons. The first kappa shape index (κ1) is 10.6. The normalized spacial score (nSPS) is 9.75. The van der Waals surface area contributed by atoms with Crippen LogP contribution in [0.2, 0.25) is 0 Å². The third-order valence-corrected chi connectivity index (χ3v) is 1.15. The monoisotopic (exact) mass is 167 g/mol. The Balaban J connectivity index is 3.39. The number of hydrogen-bond donors (Lipinski definition) is 1. The summed E-state index contributed by atoms with van der Waals surface area (Å²) in [4.78, 5) is 21.0. The third-order valence-electron chi connectivity index (χ3n) is 1.15. The Kier molecular flexibility index (Phi) is 5.61. The number of hydrogen-bond acceptors (Lipinski definition) is 2. The zero-order valence-corrected chi connectivity index (χ0v) is 7.17. The minimum atomic E-state index is -0.189. The summed E-state index contributed by atoms with van der Waals surface area (Å²) in [7, 11) is 0. The highest BCUT2D eigenvalue weighted by molar-refractivity contribution is 5.87. The SMILES string of the molecule is C=CC(=O)NCC/C=C\C(C)=O. The smallest absolute Gasteiger partial charge is 0.243 e. The van der Waals surface area contributed by atoms with Gasteiger partial charge in [0, 0.05) is 6.54 Å². The van der Waals surface area contributed by atoms with Gasteiger partial charge in [-0.2, -0.15) is 0 Å². The second-order valence-corrected chi connectivity index (χ2v) is 2.30. The van der Waals surface area contributed by atoms with Gasteiger partial charge in [0.25, 0.3) is 0 Å². The zero-order chi connectivity index (χ0) is 9.40. The molecule has 3 nitrogen and oxygen atoms in total. The van der Waals surface area contributed by atoms with Crippen LogP contribution in [0, 0.1) is 0 Å². The molecular weight excluding hydrogens is 154 g/mol. The molecule has 0 aliphatic heterocycles. The van der Waals surface area contributed by atoms with Crippen molar-refractivity contribution in [3.05, 3.63) is 24.8 Å². The molecule has 0 bridgehead atoms. The van der Waals surface area contributed by atoms with E-state index in [0.29, 0.717) is 13.0 Å². The molecule has 3 heteroatoms. The van der Waals surface area contributed by atoms with Gasteiger partial charge in [-0.15, -0.1) is 0 Å². The summed E-state index contributed by atoms with van der Waals surface area (Å²) in [5, 5.41) is 2.59. The van der Waals surface area contributed by atoms with Gasteiger partial charge in [0.15, 0.2) is 5.78 Å². The maximum atomic E-state index is 10.6. The van der Waals surface area contributed by atoms with E-state index in [1.54, 1.807) is 6.08 Å². The van der Waals surface area contributed by atoms with Crippen LogP contribution in [-0.2, 0) is 9.59 Å². The molecule has 0 aromatic carbocycles. The summed E-state index contributed by atoms with van der Waals surface area (Å²) >= 11 is 0. The molecule has 12 heavy (non-hydrogen) atoms. The van der Waals surface area contributed by atoms with Crippen molar-refractivity contribution in [2.45, 2.75) is 13.3 Å². The molecule has 0 unspecified atom stereocenters. The molecule has 1 amide bonds. The first-order valence-electron chi connectivity index (χ1n) is 3.74. The zero-order valence-electron chi connectivity index (χ0n) is 7.17. The van der Waals surface area contributed by atoms with Crippen molar-refractivity contribution < 1.29 is 9.59 Å². The lowest BCUT2D eigenvalue weighted by atomic mass is 10.3. The Bertz CT molecular complexity index is 207. The van der Waals surface area contributed by atoms with Crippen LogP contribution in [-0.4, -0.2) is 18.2 Å². The van der Waals surface area contributed by atoms with Gasteiger partial charge in [-0.05, 0) is 25.5 Å². The van der Waals surface area contributed by atoms with Crippen LogP contribution < -0.4 is 5.32 Å². The van der Waals surface area contributed by atoms with Gasteiger partial charge >= 0.3 is 0 Å². The van der Waals surface area contributed by atoms with E-state index in [0.717, 1.165) is 0 Å². The number of rotatable bonds is 5. The van der Waals surface area contributed by atoms with E-state index in [-0.39, 0.29) is 11.7 Å². The first-order valence-corrected chi connectivity index (χ1v) is 3.74. The van der Waals surface area contributed by atoms with Gasteiger partial charge in [-0.1, -0.05) is 12.7 Å². The lowest BCUT2D eigenvalue weighted by Gasteiger charge is -1.96. The first-order chi connectivity index (χ1) is 5.66. The molecule has 1 N–H and O–H groups in total. The predicted molar refractivity (Wildman–Crippen MR) is 47.6 cm³/mol. The largest absolute Gasteiger partial charge is 0.352 e. The van der Waals surface area contributed by atoms with Gasteiger partial charge in [0.1, 0.15) is 0 Å². The predicted octanol–water partition coefficient (Wildman–Crippen LogP) is 0.824. The molecule has 0 fully saturated rings. The van der Waals surface area contributed by atoms with Gasteiger partial charge in [-0.3, -0.25) is 9.59 Å². The molecule has 0 rings (SSSR count). The van der Waals surface area contributed by atoms with E-state index in [1.165, 1.54) is 19.1 Å². The molecule has 0 saturated heterocycles. The molecule has 0 aliphatic carbocycles. The molecule has 0 aromatic heterocycles. The van der Waals surface area contributed by atoms with Crippen molar-refractivity contribution >= 4 is 11.7 Å². The summed E-state index contributed by atoms with van der Waals surface area (Å²) in [5.41, 5.74) is 0. The van der Waals surface area contributed by atoms with E-state index in [9.17, 15) is 9.59 Å². The Morgan fingerprint density at radius 2 is 2.17 bits per heavy atom. The van der Waals surface area contributed by atoms with Crippen molar-refractivity contribution in [1.82, 2.24) is 5.32 Å². The standard InChI is InChI=1S/C9H13NO2/c1-3-9(12)10-7-5-4-6-8(2)11/h3-4,6H,1,5,7H2,2H3,(H,10,12)/b6-4-. The topological polar surface area (TPSA) is 46.2 Å². The van der Waals surface area contributed by atoms with Gasteiger partial charge in [0.05, 0.1) is 0 Å². The number of allylic oxidation sites excluding steroid dienone is 1. The summed E-state index contributed by atoms with van der Waals surface area (Å²) < 4.78 is 0. The van der Waals surface area contributed by atoms with Crippen LogP contribution in [0.15, 0.2) is 24.8 Å². The summed E-state index contributed by atoms with van der Waals surface area (Å²) in [6.45, 7) is 5.32. The molecular formula is C9H13NO2. The maximum Gasteiger partial charge on any atom is 0.243 e.